The number of aliphatic hydroxyl groups excluding tert-OH is 1. The van der Waals surface area contributed by atoms with E-state index in [1.165, 1.54) is 36.6 Å². The number of carbonyl (C=O) groups is 1. The number of benzene rings is 4. The summed E-state index contributed by atoms with van der Waals surface area (Å²) in [7, 11) is 0. The molecule has 0 unspecified atom stereocenters. The van der Waals surface area contributed by atoms with Crippen molar-refractivity contribution in [3.8, 4) is 33.6 Å². The molecular weight excluding hydrogens is 785 g/mol. The van der Waals surface area contributed by atoms with Crippen molar-refractivity contribution in [2.24, 2.45) is 0 Å². The zero-order valence-electron chi connectivity index (χ0n) is 28.8. The topological polar surface area (TPSA) is 76.2 Å². The number of hydrogen-bond donors (Lipinski definition) is 1. The molecule has 0 aliphatic heterocycles. The van der Waals surface area contributed by atoms with Crippen LogP contribution < -0.4 is 0 Å². The number of carbonyl (C=O) groups excluding carboxylic acids is 1. The van der Waals surface area contributed by atoms with Gasteiger partial charge in [-0.2, -0.15) is 0 Å². The Kier molecular flexibility index (Phi) is 10.3. The van der Waals surface area contributed by atoms with Crippen molar-refractivity contribution >= 4 is 38.6 Å². The average Bonchev–Trinajstić information content (AvgIpc) is 3.43. The second-order valence-corrected chi connectivity index (χ2v) is 13.4. The maximum absolute atomic E-state index is 10.0. The second-order valence-electron chi connectivity index (χ2n) is 13.4. The van der Waals surface area contributed by atoms with Crippen molar-refractivity contribution in [3.05, 3.63) is 132 Å². The molecule has 0 spiro atoms. The van der Waals surface area contributed by atoms with E-state index in [0.717, 1.165) is 66.5 Å². The number of fused-ring (bicyclic) bond motifs is 4. The van der Waals surface area contributed by atoms with Gasteiger partial charge in [-0.15, -0.1) is 18.2 Å². The number of aryl methyl sites for hydroxylation is 2. The van der Waals surface area contributed by atoms with Crippen molar-refractivity contribution in [2.45, 2.75) is 53.9 Å². The van der Waals surface area contributed by atoms with E-state index in [4.69, 9.17) is 19.5 Å². The summed E-state index contributed by atoms with van der Waals surface area (Å²) in [6.45, 7) is 13.8. The maximum Gasteiger partial charge on any atom is 0.155 e. The van der Waals surface area contributed by atoms with Gasteiger partial charge in [-0.05, 0) is 90.9 Å². The van der Waals surface area contributed by atoms with Crippen LogP contribution >= 0.6 is 0 Å². The molecule has 1 N–H and O–H groups in total. The molecule has 3 heterocycles. The molecule has 0 saturated carbocycles. The normalized spacial score (nSPS) is 11.7. The molecule has 5 nitrogen and oxygen atoms in total. The summed E-state index contributed by atoms with van der Waals surface area (Å²) in [5, 5.41) is 11.7. The third-order valence-electron chi connectivity index (χ3n) is 8.48. The average molecular weight is 824 g/mol. The van der Waals surface area contributed by atoms with Crippen molar-refractivity contribution in [1.29, 1.82) is 0 Å². The summed E-state index contributed by atoms with van der Waals surface area (Å²) in [5.41, 5.74) is 12.6. The zero-order chi connectivity index (χ0) is 34.2. The van der Waals surface area contributed by atoms with Crippen LogP contribution in [0.25, 0.3) is 66.5 Å². The third kappa shape index (κ3) is 7.56. The van der Waals surface area contributed by atoms with Gasteiger partial charge in [-0.25, -0.2) is 4.98 Å². The molecular formula is C43H39IrN2O3-. The van der Waals surface area contributed by atoms with Crippen LogP contribution in [0.1, 0.15) is 51.3 Å². The minimum atomic E-state index is -0.125. The van der Waals surface area contributed by atoms with E-state index in [0.29, 0.717) is 0 Å². The number of allylic oxidation sites excluding steroid dienone is 2. The molecule has 249 valence electrons. The SMILES string of the molecule is CC(=O)/C=C(/C)O.Cc1cnc(-c2[c-]ccc3c2oc2ccccc23)cc1-c1cc2ccc(-c3ccc(C(C)(C)C)cc3)nc2cc1C.[Ir]. The fraction of sp³-hybridized carbons (Fsp3) is 0.186. The summed E-state index contributed by atoms with van der Waals surface area (Å²) in [6.07, 6.45) is 3.12. The zero-order valence-corrected chi connectivity index (χ0v) is 31.2. The first kappa shape index (κ1) is 35.4. The van der Waals surface area contributed by atoms with Crippen LogP contribution in [0.4, 0.5) is 0 Å². The Bertz CT molecular complexity index is 2340. The first-order valence-electron chi connectivity index (χ1n) is 16.1. The van der Waals surface area contributed by atoms with Gasteiger partial charge in [0.25, 0.3) is 0 Å². The fourth-order valence-corrected chi connectivity index (χ4v) is 5.99. The van der Waals surface area contributed by atoms with Gasteiger partial charge in [-0.3, -0.25) is 4.79 Å². The number of rotatable bonds is 4. The van der Waals surface area contributed by atoms with E-state index in [2.05, 4.69) is 107 Å². The molecule has 7 aromatic rings. The largest absolute Gasteiger partial charge is 0.512 e. The molecule has 0 amide bonds. The smallest absolute Gasteiger partial charge is 0.155 e. The fourth-order valence-electron chi connectivity index (χ4n) is 5.99. The molecule has 0 fully saturated rings. The van der Waals surface area contributed by atoms with Crippen molar-refractivity contribution in [2.75, 3.05) is 0 Å². The first-order chi connectivity index (χ1) is 22.9. The molecule has 4 aromatic carbocycles. The van der Waals surface area contributed by atoms with E-state index < -0.39 is 0 Å². The van der Waals surface area contributed by atoms with Gasteiger partial charge in [0.2, 0.25) is 0 Å². The first-order valence-corrected chi connectivity index (χ1v) is 16.1. The number of ketones is 1. The van der Waals surface area contributed by atoms with Gasteiger partial charge in [0.05, 0.1) is 22.6 Å². The maximum atomic E-state index is 10.0. The van der Waals surface area contributed by atoms with Gasteiger partial charge >= 0.3 is 0 Å². The quantitative estimate of drug-likeness (QED) is 0.109. The Morgan fingerprint density at radius 1 is 0.837 bits per heavy atom. The van der Waals surface area contributed by atoms with Crippen molar-refractivity contribution in [3.63, 3.8) is 0 Å². The van der Waals surface area contributed by atoms with Gasteiger partial charge < -0.3 is 14.5 Å². The minimum absolute atomic E-state index is 0. The van der Waals surface area contributed by atoms with Gasteiger partial charge in [0.1, 0.15) is 5.58 Å². The molecule has 0 aliphatic rings. The summed E-state index contributed by atoms with van der Waals surface area (Å²) in [4.78, 5) is 19.9. The van der Waals surface area contributed by atoms with Crippen LogP contribution in [0.5, 0.6) is 0 Å². The van der Waals surface area contributed by atoms with E-state index in [1.54, 1.807) is 0 Å². The summed E-state index contributed by atoms with van der Waals surface area (Å²) >= 11 is 0. The van der Waals surface area contributed by atoms with Crippen LogP contribution in [-0.4, -0.2) is 20.9 Å². The van der Waals surface area contributed by atoms with E-state index in [-0.39, 0.29) is 37.1 Å². The van der Waals surface area contributed by atoms with Crippen LogP contribution in [0.2, 0.25) is 0 Å². The Balaban J connectivity index is 0.000000532. The summed E-state index contributed by atoms with van der Waals surface area (Å²) in [5.74, 6) is -0.0625. The Morgan fingerprint density at radius 3 is 2.22 bits per heavy atom. The number of aliphatic hydroxyl groups is 1. The molecule has 49 heavy (non-hydrogen) atoms. The number of para-hydroxylation sites is 1. The minimum Gasteiger partial charge on any atom is -0.512 e. The molecule has 0 atom stereocenters. The van der Waals surface area contributed by atoms with Crippen molar-refractivity contribution in [1.82, 2.24) is 9.97 Å². The third-order valence-corrected chi connectivity index (χ3v) is 8.48. The van der Waals surface area contributed by atoms with Gasteiger partial charge in [0.15, 0.2) is 5.78 Å². The molecule has 7 rings (SSSR count). The molecule has 0 aliphatic carbocycles. The van der Waals surface area contributed by atoms with Gasteiger partial charge in [-0.1, -0.05) is 86.3 Å². The summed E-state index contributed by atoms with van der Waals surface area (Å²) in [6, 6.07) is 35.3. The molecule has 3 aromatic heterocycles. The molecule has 1 radical (unpaired) electrons. The molecule has 6 heteroatoms. The van der Waals surface area contributed by atoms with Gasteiger partial charge in [0, 0.05) is 48.7 Å². The predicted molar refractivity (Wildman–Crippen MR) is 197 cm³/mol. The van der Waals surface area contributed by atoms with E-state index in [1.807, 2.05) is 30.5 Å². The number of pyridine rings is 2. The van der Waals surface area contributed by atoms with Crippen LogP contribution in [0.15, 0.2) is 113 Å². The van der Waals surface area contributed by atoms with E-state index >= 15 is 0 Å². The van der Waals surface area contributed by atoms with Crippen LogP contribution in [-0.2, 0) is 30.3 Å². The van der Waals surface area contributed by atoms with Crippen molar-refractivity contribution < 1.29 is 34.4 Å². The number of furan rings is 1. The predicted octanol–water partition coefficient (Wildman–Crippen LogP) is 11.3. The van der Waals surface area contributed by atoms with Crippen LogP contribution in [0, 0.1) is 19.9 Å². The summed E-state index contributed by atoms with van der Waals surface area (Å²) < 4.78 is 6.29. The number of nitrogens with zero attached hydrogens (tertiary/aromatic N) is 2. The number of aromatic nitrogens is 2. The van der Waals surface area contributed by atoms with Crippen LogP contribution in [0.3, 0.4) is 0 Å². The molecule has 0 saturated heterocycles. The number of hydrogen-bond acceptors (Lipinski definition) is 5. The molecule has 0 bridgehead atoms. The standard InChI is InChI=1S/C38H31N2O.C5H8O2.Ir/c1-23-19-34-26(15-18-33(40-34)25-13-16-27(17-14-25)38(3,4)5)20-31(23)32-21-35(39-22-24(32)2)30-11-8-10-29-28-9-6-7-12-36(28)41-37(29)30;1-4(6)3-5(2)7;/h6-10,12-22H,1-5H3;3,6H,1-2H3;/q-1;;/b;4-3-;. The second kappa shape index (κ2) is 14.3. The Morgan fingerprint density at radius 2 is 1.55 bits per heavy atom. The monoisotopic (exact) mass is 824 g/mol. The Labute approximate surface area is 301 Å². The van der Waals surface area contributed by atoms with E-state index in [9.17, 15) is 4.79 Å². The Hall–Kier alpha value is -4.90.